The molecule has 0 radical (unpaired) electrons. The minimum atomic E-state index is -0.250. The van der Waals surface area contributed by atoms with Crippen LogP contribution >= 0.6 is 24.6 Å². The van der Waals surface area contributed by atoms with Crippen LogP contribution in [0.2, 0.25) is 0 Å². The van der Waals surface area contributed by atoms with Crippen molar-refractivity contribution in [3.8, 4) is 0 Å². The van der Waals surface area contributed by atoms with E-state index in [-0.39, 0.29) is 24.6 Å². The highest BCUT2D eigenvalue weighted by Gasteiger charge is 1.95. The Bertz CT molecular complexity index is 53.5. The molecule has 0 aliphatic rings. The van der Waals surface area contributed by atoms with E-state index in [4.69, 9.17) is 18.2 Å². The van der Waals surface area contributed by atoms with Gasteiger partial charge in [-0.3, -0.25) is 0 Å². The van der Waals surface area contributed by atoms with E-state index in [0.29, 0.717) is 0 Å². The first-order valence-electron chi connectivity index (χ1n) is 3.37. The van der Waals surface area contributed by atoms with E-state index < -0.39 is 0 Å². The molecule has 78 valence electrons. The molecule has 0 unspecified atom stereocenters. The molecule has 0 aliphatic carbocycles. The Labute approximate surface area is 82.8 Å². The Morgan fingerprint density at radius 1 is 0.667 bits per heavy atom. The molecule has 0 bridgehead atoms. The van der Waals surface area contributed by atoms with Crippen LogP contribution in [-0.2, 0) is 0 Å². The summed E-state index contributed by atoms with van der Waals surface area (Å²) < 4.78 is 28.2. The van der Waals surface area contributed by atoms with Gasteiger partial charge in [-0.05, 0) is 11.8 Å². The summed E-state index contributed by atoms with van der Waals surface area (Å²) in [5, 5.41) is 0. The molecule has 0 spiro atoms. The monoisotopic (exact) mass is 218 g/mol. The minimum Gasteiger partial charge on any atom is -0.307 e. The SMILES string of the molecule is CC(C)C(C)C.OSO.OSO. The molecule has 4 nitrogen and oxygen atoms in total. The Morgan fingerprint density at radius 3 is 0.750 bits per heavy atom. The van der Waals surface area contributed by atoms with Gasteiger partial charge in [0.1, 0.15) is 0 Å². The van der Waals surface area contributed by atoms with E-state index in [0.717, 1.165) is 11.8 Å². The van der Waals surface area contributed by atoms with E-state index in [1.54, 1.807) is 0 Å². The van der Waals surface area contributed by atoms with Crippen LogP contribution in [0.5, 0.6) is 0 Å². The predicted molar refractivity (Wildman–Crippen MR) is 55.4 cm³/mol. The fourth-order valence-corrected chi connectivity index (χ4v) is 0. The van der Waals surface area contributed by atoms with Crippen LogP contribution < -0.4 is 0 Å². The van der Waals surface area contributed by atoms with Gasteiger partial charge in [-0.25, -0.2) is 0 Å². The zero-order valence-electron chi connectivity index (χ0n) is 7.76. The summed E-state index contributed by atoms with van der Waals surface area (Å²) in [6.45, 7) is 8.96. The van der Waals surface area contributed by atoms with Crippen molar-refractivity contribution >= 4 is 24.6 Å². The zero-order valence-corrected chi connectivity index (χ0v) is 9.39. The molecule has 0 amide bonds. The first-order valence-corrected chi connectivity index (χ1v) is 4.83. The molecule has 0 atom stereocenters. The first-order chi connectivity index (χ1) is 5.47. The molecule has 0 fully saturated rings. The fourth-order valence-electron chi connectivity index (χ4n) is 0. The van der Waals surface area contributed by atoms with Crippen molar-refractivity contribution in [2.75, 3.05) is 0 Å². The standard InChI is InChI=1S/C6H14.2H2O2S/c1-5(2)6(3)4;2*1-3-2/h5-6H,1-4H3;2*1-2H. The summed E-state index contributed by atoms with van der Waals surface area (Å²) in [5.74, 6) is 1.70. The van der Waals surface area contributed by atoms with Gasteiger partial charge in [0.15, 0.2) is 24.6 Å². The van der Waals surface area contributed by atoms with Gasteiger partial charge < -0.3 is 18.2 Å². The van der Waals surface area contributed by atoms with Crippen molar-refractivity contribution in [2.45, 2.75) is 27.7 Å². The van der Waals surface area contributed by atoms with Gasteiger partial charge in [0.25, 0.3) is 0 Å². The first kappa shape index (κ1) is 18.3. The largest absolute Gasteiger partial charge is 0.307 e. The van der Waals surface area contributed by atoms with E-state index >= 15 is 0 Å². The predicted octanol–water partition coefficient (Wildman–Crippen LogP) is 3.63. The van der Waals surface area contributed by atoms with Crippen LogP contribution in [-0.4, -0.2) is 18.2 Å². The van der Waals surface area contributed by atoms with Crippen molar-refractivity contribution in [3.05, 3.63) is 0 Å². The highest BCUT2D eigenvalue weighted by Crippen LogP contribution is 2.05. The summed E-state index contributed by atoms with van der Waals surface area (Å²) in [5.41, 5.74) is 0. The molecular weight excluding hydrogens is 200 g/mol. The average Bonchev–Trinajstić information content (AvgIpc) is 1.90. The summed E-state index contributed by atoms with van der Waals surface area (Å²) in [7, 11) is 0. The molecular formula is C6H18O4S2. The van der Waals surface area contributed by atoms with Crippen LogP contribution in [0.1, 0.15) is 27.7 Å². The van der Waals surface area contributed by atoms with Crippen LogP contribution in [0.25, 0.3) is 0 Å². The fraction of sp³-hybridized carbons (Fsp3) is 1.00. The lowest BCUT2D eigenvalue weighted by Crippen LogP contribution is -1.95. The number of hydrogen-bond donors (Lipinski definition) is 4. The molecule has 0 aliphatic heterocycles. The van der Waals surface area contributed by atoms with Gasteiger partial charge in [0, 0.05) is 0 Å². The average molecular weight is 218 g/mol. The lowest BCUT2D eigenvalue weighted by molar-refractivity contribution is 0.457. The Hall–Kier alpha value is 0.540. The maximum Gasteiger partial charge on any atom is 0.152 e. The third-order valence-corrected chi connectivity index (χ3v) is 1.33. The molecule has 12 heavy (non-hydrogen) atoms. The molecule has 4 N–H and O–H groups in total. The second-order valence-electron chi connectivity index (χ2n) is 2.65. The molecule has 0 aromatic heterocycles. The Kier molecular flexibility index (Phi) is 26.9. The van der Waals surface area contributed by atoms with Crippen molar-refractivity contribution < 1.29 is 18.2 Å². The third-order valence-electron chi connectivity index (χ3n) is 1.33. The topological polar surface area (TPSA) is 80.9 Å². The van der Waals surface area contributed by atoms with Gasteiger partial charge >= 0.3 is 0 Å². The molecule has 6 heteroatoms. The minimum absolute atomic E-state index is 0.250. The van der Waals surface area contributed by atoms with Crippen LogP contribution in [0.4, 0.5) is 0 Å². The lowest BCUT2D eigenvalue weighted by atomic mass is 10.0. The summed E-state index contributed by atoms with van der Waals surface area (Å²) in [4.78, 5) is 0. The molecule has 0 aromatic rings. The van der Waals surface area contributed by atoms with E-state index in [9.17, 15) is 0 Å². The van der Waals surface area contributed by atoms with Gasteiger partial charge in [0.05, 0.1) is 0 Å². The normalized spacial score (nSPS) is 8.50. The molecule has 0 saturated heterocycles. The highest BCUT2D eigenvalue weighted by atomic mass is 32.2. The number of rotatable bonds is 1. The number of hydrogen-bond acceptors (Lipinski definition) is 6. The van der Waals surface area contributed by atoms with Crippen LogP contribution in [0.15, 0.2) is 0 Å². The zero-order chi connectivity index (χ0) is 10.6. The van der Waals surface area contributed by atoms with Crippen LogP contribution in [0, 0.1) is 11.8 Å². The molecule has 0 saturated carbocycles. The maximum atomic E-state index is 7.04. The Morgan fingerprint density at radius 2 is 0.750 bits per heavy atom. The van der Waals surface area contributed by atoms with E-state index in [1.165, 1.54) is 0 Å². The lowest BCUT2D eigenvalue weighted by Gasteiger charge is -2.05. The van der Waals surface area contributed by atoms with Crippen LogP contribution in [0.3, 0.4) is 0 Å². The van der Waals surface area contributed by atoms with Crippen molar-refractivity contribution in [2.24, 2.45) is 11.8 Å². The molecule has 0 rings (SSSR count). The van der Waals surface area contributed by atoms with Crippen molar-refractivity contribution in [1.29, 1.82) is 0 Å². The molecule has 0 heterocycles. The summed E-state index contributed by atoms with van der Waals surface area (Å²) >= 11 is -0.500. The van der Waals surface area contributed by atoms with E-state index in [2.05, 4.69) is 27.7 Å². The third kappa shape index (κ3) is 46.5. The van der Waals surface area contributed by atoms with Gasteiger partial charge in [-0.1, -0.05) is 27.7 Å². The van der Waals surface area contributed by atoms with Crippen molar-refractivity contribution in [3.63, 3.8) is 0 Å². The smallest absolute Gasteiger partial charge is 0.152 e. The van der Waals surface area contributed by atoms with Gasteiger partial charge in [-0.15, -0.1) is 0 Å². The van der Waals surface area contributed by atoms with Crippen molar-refractivity contribution in [1.82, 2.24) is 0 Å². The van der Waals surface area contributed by atoms with E-state index in [1.807, 2.05) is 0 Å². The molecule has 0 aromatic carbocycles. The highest BCUT2D eigenvalue weighted by molar-refractivity contribution is 7.88. The van der Waals surface area contributed by atoms with Gasteiger partial charge in [0.2, 0.25) is 0 Å². The second kappa shape index (κ2) is 17.6. The quantitative estimate of drug-likeness (QED) is 0.503. The maximum absolute atomic E-state index is 7.04. The second-order valence-corrected chi connectivity index (χ2v) is 2.98. The summed E-state index contributed by atoms with van der Waals surface area (Å²) in [6, 6.07) is 0. The summed E-state index contributed by atoms with van der Waals surface area (Å²) in [6.07, 6.45) is 0. The van der Waals surface area contributed by atoms with Gasteiger partial charge in [-0.2, -0.15) is 0 Å². The Balaban J connectivity index is -0.000000115.